The molecule has 1 aliphatic carbocycles. The highest BCUT2D eigenvalue weighted by Crippen LogP contribution is 2.49. The van der Waals surface area contributed by atoms with Crippen LogP contribution in [0.2, 0.25) is 0 Å². The Morgan fingerprint density at radius 2 is 1.43 bits per heavy atom. The molecule has 0 aromatic rings. The summed E-state index contributed by atoms with van der Waals surface area (Å²) >= 11 is 0. The first kappa shape index (κ1) is 20.5. The fourth-order valence-electron chi connectivity index (χ4n) is 4.01. The van der Waals surface area contributed by atoms with E-state index >= 15 is 0 Å². The second kappa shape index (κ2) is 6.76. The van der Waals surface area contributed by atoms with E-state index in [0.717, 1.165) is 12.8 Å². The van der Waals surface area contributed by atoms with Crippen LogP contribution in [0.1, 0.15) is 101 Å². The Morgan fingerprint density at radius 1 is 0.957 bits per heavy atom. The third-order valence-electron chi connectivity index (χ3n) is 6.24. The molecule has 1 rings (SSSR count). The van der Waals surface area contributed by atoms with Gasteiger partial charge in [-0.2, -0.15) is 0 Å². The lowest BCUT2D eigenvalue weighted by molar-refractivity contribution is -0.185. The molecule has 1 saturated carbocycles. The molecule has 2 unspecified atom stereocenters. The first-order chi connectivity index (χ1) is 10.3. The Balaban J connectivity index is 3.05. The average molecular weight is 325 g/mol. The number of carbonyl (C=O) groups is 1. The Bertz CT molecular complexity index is 407. The number of hydrogen-bond acceptors (Lipinski definition) is 2. The summed E-state index contributed by atoms with van der Waals surface area (Å²) in [5, 5.41) is 0. The normalized spacial score (nSPS) is 22.5. The van der Waals surface area contributed by atoms with E-state index in [1.165, 1.54) is 25.7 Å². The summed E-state index contributed by atoms with van der Waals surface area (Å²) in [6.07, 6.45) is 6.69. The lowest BCUT2D eigenvalue weighted by Crippen LogP contribution is -2.49. The van der Waals surface area contributed by atoms with Crippen LogP contribution >= 0.6 is 0 Å². The monoisotopic (exact) mass is 324 g/mol. The van der Waals surface area contributed by atoms with Crippen molar-refractivity contribution in [1.82, 2.24) is 0 Å². The van der Waals surface area contributed by atoms with Crippen LogP contribution in [-0.2, 0) is 9.53 Å². The van der Waals surface area contributed by atoms with Gasteiger partial charge >= 0.3 is 5.97 Å². The summed E-state index contributed by atoms with van der Waals surface area (Å²) in [7, 11) is 0. The van der Waals surface area contributed by atoms with E-state index < -0.39 is 5.41 Å². The van der Waals surface area contributed by atoms with Gasteiger partial charge in [0.05, 0.1) is 5.41 Å². The van der Waals surface area contributed by atoms with Gasteiger partial charge in [-0.15, -0.1) is 0 Å². The first-order valence-corrected chi connectivity index (χ1v) is 9.49. The molecule has 2 atom stereocenters. The van der Waals surface area contributed by atoms with E-state index in [2.05, 4.69) is 62.3 Å². The van der Waals surface area contributed by atoms with Gasteiger partial charge < -0.3 is 4.74 Å². The summed E-state index contributed by atoms with van der Waals surface area (Å²) in [6.45, 7) is 19.5. The Labute approximate surface area is 144 Å². The fraction of sp³-hybridized carbons (Fsp3) is 0.952. The van der Waals surface area contributed by atoms with E-state index in [1.54, 1.807) is 0 Å². The lowest BCUT2D eigenvalue weighted by Gasteiger charge is -2.46. The van der Waals surface area contributed by atoms with E-state index in [4.69, 9.17) is 4.74 Å². The topological polar surface area (TPSA) is 26.3 Å². The highest BCUT2D eigenvalue weighted by molar-refractivity contribution is 5.78. The largest absolute Gasteiger partial charge is 0.459 e. The quantitative estimate of drug-likeness (QED) is 0.549. The smallest absolute Gasteiger partial charge is 0.312 e. The summed E-state index contributed by atoms with van der Waals surface area (Å²) in [6, 6.07) is 0. The van der Waals surface area contributed by atoms with Crippen molar-refractivity contribution >= 4 is 5.97 Å². The van der Waals surface area contributed by atoms with Crippen LogP contribution in [0.4, 0.5) is 0 Å². The molecule has 0 saturated heterocycles. The second-order valence-electron chi connectivity index (χ2n) is 10.4. The van der Waals surface area contributed by atoms with E-state index in [-0.39, 0.29) is 22.4 Å². The number of rotatable bonds is 5. The van der Waals surface area contributed by atoms with Crippen molar-refractivity contribution in [3.63, 3.8) is 0 Å². The highest BCUT2D eigenvalue weighted by atomic mass is 16.6. The van der Waals surface area contributed by atoms with Gasteiger partial charge in [0.1, 0.15) is 5.60 Å². The van der Waals surface area contributed by atoms with Crippen molar-refractivity contribution in [1.29, 1.82) is 0 Å². The fourth-order valence-corrected chi connectivity index (χ4v) is 4.01. The molecule has 0 aromatic heterocycles. The minimum atomic E-state index is -0.472. The first-order valence-electron chi connectivity index (χ1n) is 9.49. The van der Waals surface area contributed by atoms with Crippen molar-refractivity contribution in [2.24, 2.45) is 22.2 Å². The Morgan fingerprint density at radius 3 is 1.78 bits per heavy atom. The molecule has 2 nitrogen and oxygen atoms in total. The zero-order valence-electron chi connectivity index (χ0n) is 17.1. The molecule has 0 aliphatic heterocycles. The summed E-state index contributed by atoms with van der Waals surface area (Å²) < 4.78 is 6.27. The van der Waals surface area contributed by atoms with Crippen molar-refractivity contribution in [3.8, 4) is 0 Å². The third kappa shape index (κ3) is 4.73. The van der Waals surface area contributed by atoms with Gasteiger partial charge in [-0.05, 0) is 56.3 Å². The predicted octanol–water partition coefficient (Wildman–Crippen LogP) is 6.38. The van der Waals surface area contributed by atoms with Crippen LogP contribution in [0.3, 0.4) is 0 Å². The van der Waals surface area contributed by atoms with Crippen molar-refractivity contribution in [2.45, 2.75) is 106 Å². The van der Waals surface area contributed by atoms with Gasteiger partial charge in [0, 0.05) is 0 Å². The summed E-state index contributed by atoms with van der Waals surface area (Å²) in [4.78, 5) is 13.3. The Kier molecular flexibility index (Phi) is 6.03. The van der Waals surface area contributed by atoms with Crippen LogP contribution in [0, 0.1) is 22.2 Å². The van der Waals surface area contributed by atoms with Gasteiger partial charge in [-0.3, -0.25) is 4.79 Å². The van der Waals surface area contributed by atoms with Crippen molar-refractivity contribution < 1.29 is 9.53 Å². The molecular weight excluding hydrogens is 284 g/mol. The summed E-state index contributed by atoms with van der Waals surface area (Å²) in [5.41, 5.74) is -0.809. The van der Waals surface area contributed by atoms with E-state index in [0.29, 0.717) is 5.92 Å². The second-order valence-corrected chi connectivity index (χ2v) is 10.4. The van der Waals surface area contributed by atoms with E-state index in [9.17, 15) is 4.79 Å². The molecule has 0 bridgehead atoms. The lowest BCUT2D eigenvalue weighted by atomic mass is 9.61. The predicted molar refractivity (Wildman–Crippen MR) is 98.4 cm³/mol. The molecule has 0 heterocycles. The van der Waals surface area contributed by atoms with Gasteiger partial charge in [0.2, 0.25) is 0 Å². The van der Waals surface area contributed by atoms with Gasteiger partial charge in [-0.25, -0.2) is 0 Å². The van der Waals surface area contributed by atoms with Crippen LogP contribution in [-0.4, -0.2) is 11.6 Å². The molecule has 1 aliphatic rings. The third-order valence-corrected chi connectivity index (χ3v) is 6.24. The number of esters is 1. The zero-order valence-corrected chi connectivity index (χ0v) is 17.1. The van der Waals surface area contributed by atoms with Crippen molar-refractivity contribution in [2.75, 3.05) is 0 Å². The molecule has 0 N–H and O–H groups in total. The standard InChI is InChI=1S/C21H40O2/c1-10-21(9,16-13-11-12-14-16)23-17(22)20(8,19(5,6)7)15-18(2,3)4/h16H,10-15H2,1-9H3. The number of carbonyl (C=O) groups excluding carboxylic acids is 1. The highest BCUT2D eigenvalue weighted by Gasteiger charge is 2.50. The molecule has 0 aromatic carbocycles. The average Bonchev–Trinajstić information content (AvgIpc) is 2.89. The minimum absolute atomic E-state index is 0.00354. The molecule has 0 amide bonds. The molecular formula is C21H40O2. The maximum Gasteiger partial charge on any atom is 0.312 e. The Hall–Kier alpha value is -0.530. The van der Waals surface area contributed by atoms with Crippen molar-refractivity contribution in [3.05, 3.63) is 0 Å². The van der Waals surface area contributed by atoms with Crippen LogP contribution < -0.4 is 0 Å². The molecule has 0 spiro atoms. The van der Waals surface area contributed by atoms with Gasteiger partial charge in [0.25, 0.3) is 0 Å². The van der Waals surface area contributed by atoms with Gasteiger partial charge in [-0.1, -0.05) is 61.3 Å². The van der Waals surface area contributed by atoms with Crippen LogP contribution in [0.15, 0.2) is 0 Å². The van der Waals surface area contributed by atoms with Crippen LogP contribution in [0.5, 0.6) is 0 Å². The number of hydrogen-bond donors (Lipinski definition) is 0. The number of ether oxygens (including phenoxy) is 1. The molecule has 2 heteroatoms. The summed E-state index contributed by atoms with van der Waals surface area (Å²) in [5.74, 6) is 0.520. The van der Waals surface area contributed by atoms with Crippen LogP contribution in [0.25, 0.3) is 0 Å². The molecule has 136 valence electrons. The maximum absolute atomic E-state index is 13.3. The van der Waals surface area contributed by atoms with E-state index in [1.807, 2.05) is 0 Å². The minimum Gasteiger partial charge on any atom is -0.459 e. The molecule has 23 heavy (non-hydrogen) atoms. The van der Waals surface area contributed by atoms with Gasteiger partial charge in [0.15, 0.2) is 0 Å². The maximum atomic E-state index is 13.3. The SMILES string of the molecule is CCC(C)(OC(=O)C(C)(CC(C)(C)C)C(C)(C)C)C1CCCC1. The zero-order chi connectivity index (χ0) is 18.1. The molecule has 1 fully saturated rings. The molecule has 0 radical (unpaired) electrons.